The first kappa shape index (κ1) is 18.2. The van der Waals surface area contributed by atoms with E-state index >= 15 is 0 Å². The molecular formula is C17H12ClF3N2O3. The van der Waals surface area contributed by atoms with Gasteiger partial charge in [-0.25, -0.2) is 0 Å². The molecule has 1 aliphatic rings. The van der Waals surface area contributed by atoms with Crippen LogP contribution in [0.3, 0.4) is 0 Å². The molecule has 2 N–H and O–H groups in total. The predicted octanol–water partition coefficient (Wildman–Crippen LogP) is 3.55. The molecule has 1 aliphatic heterocycles. The van der Waals surface area contributed by atoms with Crippen molar-refractivity contribution in [3.8, 4) is 5.75 Å². The van der Waals surface area contributed by atoms with Gasteiger partial charge >= 0.3 is 6.18 Å². The van der Waals surface area contributed by atoms with Gasteiger partial charge in [0, 0.05) is 10.6 Å². The summed E-state index contributed by atoms with van der Waals surface area (Å²) in [5, 5.41) is 23.7. The summed E-state index contributed by atoms with van der Waals surface area (Å²) in [6.45, 7) is 0. The Morgan fingerprint density at radius 1 is 1.12 bits per heavy atom. The predicted molar refractivity (Wildman–Crippen MR) is 87.9 cm³/mol. The minimum Gasteiger partial charge on any atom is -0.508 e. The van der Waals surface area contributed by atoms with Gasteiger partial charge in [0.25, 0.3) is 11.6 Å². The highest BCUT2D eigenvalue weighted by atomic mass is 35.5. The number of carbonyl (C=O) groups is 1. The van der Waals surface area contributed by atoms with Gasteiger partial charge in [0.15, 0.2) is 0 Å². The average molecular weight is 385 g/mol. The largest absolute Gasteiger partial charge is 0.508 e. The second kappa shape index (κ2) is 6.30. The number of amides is 1. The molecule has 0 aliphatic carbocycles. The minimum absolute atomic E-state index is 0.0311. The molecule has 0 radical (unpaired) electrons. The number of halogens is 4. The van der Waals surface area contributed by atoms with Gasteiger partial charge in [-0.1, -0.05) is 23.7 Å². The number of rotatable bonds is 2. The van der Waals surface area contributed by atoms with Gasteiger partial charge in [-0.15, -0.1) is 0 Å². The summed E-state index contributed by atoms with van der Waals surface area (Å²) < 4.78 is 40.5. The molecule has 0 saturated heterocycles. The molecular weight excluding hydrogens is 373 g/mol. The highest BCUT2D eigenvalue weighted by molar-refractivity contribution is 6.30. The second-order valence-electron chi connectivity index (χ2n) is 5.71. The van der Waals surface area contributed by atoms with E-state index in [4.69, 9.17) is 11.6 Å². The van der Waals surface area contributed by atoms with E-state index in [1.54, 1.807) is 0 Å². The van der Waals surface area contributed by atoms with E-state index in [0.29, 0.717) is 10.6 Å². The molecule has 5 nitrogen and oxygen atoms in total. The molecule has 0 saturated carbocycles. The van der Waals surface area contributed by atoms with Gasteiger partial charge < -0.3 is 10.2 Å². The third-order valence-electron chi connectivity index (χ3n) is 3.92. The maximum absolute atomic E-state index is 13.5. The van der Waals surface area contributed by atoms with E-state index in [1.807, 2.05) is 0 Å². The standard InChI is InChI=1S/C17H12ClF3N2O3/c18-12-5-1-10(2-6-12)14-9-16(26,17(19,20)21)23(22-14)15(25)11-3-7-13(24)8-4-11/h1-8,24,26H,9H2/t16-/m1/s1. The van der Waals surface area contributed by atoms with Crippen LogP contribution in [0.15, 0.2) is 53.6 Å². The van der Waals surface area contributed by atoms with Gasteiger partial charge in [0.05, 0.1) is 12.1 Å². The lowest BCUT2D eigenvalue weighted by Gasteiger charge is -2.32. The summed E-state index contributed by atoms with van der Waals surface area (Å²) in [5.74, 6) is -1.30. The van der Waals surface area contributed by atoms with Gasteiger partial charge in [-0.3, -0.25) is 4.79 Å². The zero-order valence-corrected chi connectivity index (χ0v) is 13.8. The number of hydrogen-bond donors (Lipinski definition) is 2. The Morgan fingerprint density at radius 2 is 1.69 bits per heavy atom. The summed E-state index contributed by atoms with van der Waals surface area (Å²) in [6, 6.07) is 10.4. The van der Waals surface area contributed by atoms with Crippen molar-refractivity contribution in [2.75, 3.05) is 0 Å². The summed E-state index contributed by atoms with van der Waals surface area (Å²) in [6.07, 6.45) is -6.04. The summed E-state index contributed by atoms with van der Waals surface area (Å²) in [4.78, 5) is 12.5. The van der Waals surface area contributed by atoms with Gasteiger partial charge in [-0.2, -0.15) is 23.3 Å². The molecule has 136 valence electrons. The van der Waals surface area contributed by atoms with E-state index in [2.05, 4.69) is 5.10 Å². The number of phenolic OH excluding ortho intramolecular Hbond substituents is 1. The van der Waals surface area contributed by atoms with Crippen LogP contribution in [0.5, 0.6) is 5.75 Å². The number of benzene rings is 2. The van der Waals surface area contributed by atoms with Crippen molar-refractivity contribution >= 4 is 23.2 Å². The van der Waals surface area contributed by atoms with E-state index in [0.717, 1.165) is 24.3 Å². The number of aromatic hydroxyl groups is 1. The maximum Gasteiger partial charge on any atom is 0.438 e. The Morgan fingerprint density at radius 3 is 2.23 bits per heavy atom. The lowest BCUT2D eigenvalue weighted by atomic mass is 10.0. The number of nitrogens with zero attached hydrogens (tertiary/aromatic N) is 2. The third-order valence-corrected chi connectivity index (χ3v) is 4.18. The summed E-state index contributed by atoms with van der Waals surface area (Å²) in [7, 11) is 0. The van der Waals surface area contributed by atoms with Crippen molar-refractivity contribution in [3.63, 3.8) is 0 Å². The minimum atomic E-state index is -5.13. The van der Waals surface area contributed by atoms with Gasteiger partial charge in [0.2, 0.25) is 0 Å². The quantitative estimate of drug-likeness (QED) is 0.831. The van der Waals surface area contributed by atoms with E-state index in [-0.39, 0.29) is 22.0 Å². The number of phenols is 1. The first-order chi connectivity index (χ1) is 12.1. The summed E-state index contributed by atoms with van der Waals surface area (Å²) >= 11 is 5.76. The van der Waals surface area contributed by atoms with Crippen LogP contribution in [0.25, 0.3) is 0 Å². The average Bonchev–Trinajstić information content (AvgIpc) is 2.94. The number of carbonyl (C=O) groups excluding carboxylic acids is 1. The fraction of sp³-hybridized carbons (Fsp3) is 0.176. The van der Waals surface area contributed by atoms with Crippen LogP contribution in [0, 0.1) is 0 Å². The lowest BCUT2D eigenvalue weighted by molar-refractivity contribution is -0.297. The Hall–Kier alpha value is -2.58. The number of hydrazone groups is 1. The van der Waals surface area contributed by atoms with Crippen molar-refractivity contribution in [2.24, 2.45) is 5.10 Å². The molecule has 3 rings (SSSR count). The monoisotopic (exact) mass is 384 g/mol. The van der Waals surface area contributed by atoms with Crippen molar-refractivity contribution in [1.29, 1.82) is 0 Å². The molecule has 0 bridgehead atoms. The first-order valence-corrected chi connectivity index (χ1v) is 7.76. The Labute approximate surface area is 150 Å². The van der Waals surface area contributed by atoms with E-state index < -0.39 is 24.2 Å². The summed E-state index contributed by atoms with van der Waals surface area (Å²) in [5.41, 5.74) is -3.44. The van der Waals surface area contributed by atoms with Crippen LogP contribution in [-0.2, 0) is 0 Å². The van der Waals surface area contributed by atoms with Crippen LogP contribution in [0.1, 0.15) is 22.3 Å². The smallest absolute Gasteiger partial charge is 0.438 e. The molecule has 0 aromatic heterocycles. The number of alkyl halides is 3. The second-order valence-corrected chi connectivity index (χ2v) is 6.14. The Kier molecular flexibility index (Phi) is 4.41. The fourth-order valence-corrected chi connectivity index (χ4v) is 2.64. The molecule has 1 heterocycles. The number of aliphatic hydroxyl groups is 1. The van der Waals surface area contributed by atoms with Crippen LogP contribution >= 0.6 is 11.6 Å². The van der Waals surface area contributed by atoms with Crippen LogP contribution in [0.2, 0.25) is 5.02 Å². The van der Waals surface area contributed by atoms with Crippen LogP contribution in [-0.4, -0.2) is 38.7 Å². The van der Waals surface area contributed by atoms with Crippen LogP contribution < -0.4 is 0 Å². The molecule has 26 heavy (non-hydrogen) atoms. The number of hydrogen-bond acceptors (Lipinski definition) is 4. The molecule has 1 amide bonds. The SMILES string of the molecule is O=C(c1ccc(O)cc1)N1N=C(c2ccc(Cl)cc2)C[C@@]1(O)C(F)(F)F. The van der Waals surface area contributed by atoms with Gasteiger partial charge in [-0.05, 0) is 42.0 Å². The highest BCUT2D eigenvalue weighted by Gasteiger charge is 2.63. The molecule has 0 spiro atoms. The lowest BCUT2D eigenvalue weighted by Crippen LogP contribution is -2.56. The molecule has 2 aromatic carbocycles. The van der Waals surface area contributed by atoms with E-state index in [9.17, 15) is 28.2 Å². The van der Waals surface area contributed by atoms with Crippen molar-refractivity contribution in [1.82, 2.24) is 5.01 Å². The van der Waals surface area contributed by atoms with Crippen LogP contribution in [0.4, 0.5) is 13.2 Å². The molecule has 0 unspecified atom stereocenters. The topological polar surface area (TPSA) is 73.1 Å². The van der Waals surface area contributed by atoms with Gasteiger partial charge in [0.1, 0.15) is 5.75 Å². The maximum atomic E-state index is 13.5. The van der Waals surface area contributed by atoms with Crippen molar-refractivity contribution in [2.45, 2.75) is 18.3 Å². The zero-order valence-electron chi connectivity index (χ0n) is 13.0. The van der Waals surface area contributed by atoms with Crippen molar-refractivity contribution in [3.05, 3.63) is 64.7 Å². The molecule has 1 atom stereocenters. The Bertz CT molecular complexity index is 866. The third kappa shape index (κ3) is 3.13. The van der Waals surface area contributed by atoms with Crippen molar-refractivity contribution < 1.29 is 28.2 Å². The molecule has 2 aromatic rings. The first-order valence-electron chi connectivity index (χ1n) is 7.38. The fourth-order valence-electron chi connectivity index (χ4n) is 2.51. The normalized spacial score (nSPS) is 20.2. The Balaban J connectivity index is 2.03. The highest BCUT2D eigenvalue weighted by Crippen LogP contribution is 2.42. The van der Waals surface area contributed by atoms with E-state index in [1.165, 1.54) is 24.3 Å². The zero-order chi connectivity index (χ0) is 19.1. The molecule has 0 fully saturated rings. The molecule has 9 heteroatoms.